The van der Waals surface area contributed by atoms with Gasteiger partial charge in [-0.05, 0) is 28.8 Å². The van der Waals surface area contributed by atoms with E-state index in [1.807, 2.05) is 0 Å². The summed E-state index contributed by atoms with van der Waals surface area (Å²) in [5.74, 6) is 0. The van der Waals surface area contributed by atoms with Gasteiger partial charge in [-0.25, -0.2) is 0 Å². The third kappa shape index (κ3) is 4.90. The first-order chi connectivity index (χ1) is 7.73. The molecule has 102 valence electrons. The fraction of sp³-hybridized carbons (Fsp3) is 1.00. The molecular weight excluding hydrogens is 223 g/mol. The van der Waals surface area contributed by atoms with Gasteiger partial charge in [-0.3, -0.25) is 0 Å². The summed E-state index contributed by atoms with van der Waals surface area (Å²) in [5, 5.41) is 1.02. The quantitative estimate of drug-likeness (QED) is 0.491. The zero-order valence-electron chi connectivity index (χ0n) is 13.0. The molecule has 0 aliphatic heterocycles. The van der Waals surface area contributed by atoms with E-state index >= 15 is 0 Å². The van der Waals surface area contributed by atoms with Crippen LogP contribution in [0.4, 0.5) is 0 Å². The largest absolute Gasteiger partial charge is 0.0924 e. The first kappa shape index (κ1) is 15.5. The molecule has 1 rings (SSSR count). The Labute approximate surface area is 111 Å². The van der Waals surface area contributed by atoms with Gasteiger partial charge in [-0.2, -0.15) is 0 Å². The van der Waals surface area contributed by atoms with Gasteiger partial charge >= 0.3 is 0 Å². The fourth-order valence-electron chi connectivity index (χ4n) is 3.79. The molecule has 0 radical (unpaired) electrons. The molecule has 0 unspecified atom stereocenters. The summed E-state index contributed by atoms with van der Waals surface area (Å²) in [7, 11) is 0.110. The Morgan fingerprint density at radius 3 is 1.35 bits per heavy atom. The predicted octanol–water partition coefficient (Wildman–Crippen LogP) is 6.18. The zero-order chi connectivity index (χ0) is 13.1. The number of hydrogen-bond acceptors (Lipinski definition) is 0. The van der Waals surface area contributed by atoms with Crippen molar-refractivity contribution >= 4 is 7.92 Å². The van der Waals surface area contributed by atoms with Crippen molar-refractivity contribution in [3.63, 3.8) is 0 Å². The lowest BCUT2D eigenvalue weighted by Gasteiger charge is -2.47. The monoisotopic (exact) mass is 256 g/mol. The second-order valence-corrected chi connectivity index (χ2v) is 11.9. The summed E-state index contributed by atoms with van der Waals surface area (Å²) in [6.45, 7) is 14.8. The van der Waals surface area contributed by atoms with E-state index in [0.29, 0.717) is 10.3 Å². The average Bonchev–Trinajstić information content (AvgIpc) is 2.04. The fourth-order valence-corrected chi connectivity index (χ4v) is 8.88. The summed E-state index contributed by atoms with van der Waals surface area (Å²) in [5.41, 5.74) is 1.02. The molecule has 0 spiro atoms. The molecular formula is C16H33P. The maximum Gasteiger partial charge on any atom is -0.0172 e. The third-order valence-electron chi connectivity index (χ3n) is 3.89. The van der Waals surface area contributed by atoms with Gasteiger partial charge in [0.1, 0.15) is 0 Å². The molecule has 1 fully saturated rings. The Kier molecular flexibility index (Phi) is 5.51. The molecule has 1 saturated carbocycles. The standard InChI is InChI=1S/C16H33P/c1-15(2,3)17(16(4,5)6)14-12-10-8-7-9-11-13-14/h14H,7-13H2,1-6H3. The molecule has 0 heterocycles. The molecule has 0 atom stereocenters. The van der Waals surface area contributed by atoms with E-state index in [-0.39, 0.29) is 7.92 Å². The minimum Gasteiger partial charge on any atom is -0.0924 e. The number of rotatable bonds is 1. The molecule has 0 saturated heterocycles. The first-order valence-electron chi connectivity index (χ1n) is 7.52. The molecule has 0 aromatic rings. The molecule has 1 heteroatoms. The minimum atomic E-state index is 0.110. The van der Waals surface area contributed by atoms with E-state index < -0.39 is 0 Å². The van der Waals surface area contributed by atoms with Crippen molar-refractivity contribution in [3.8, 4) is 0 Å². The molecule has 1 aliphatic rings. The van der Waals surface area contributed by atoms with E-state index in [9.17, 15) is 0 Å². The molecule has 17 heavy (non-hydrogen) atoms. The van der Waals surface area contributed by atoms with Crippen LogP contribution in [0.2, 0.25) is 0 Å². The van der Waals surface area contributed by atoms with Crippen molar-refractivity contribution in [1.29, 1.82) is 0 Å². The van der Waals surface area contributed by atoms with Crippen molar-refractivity contribution in [2.75, 3.05) is 0 Å². The van der Waals surface area contributed by atoms with Crippen LogP contribution < -0.4 is 0 Å². The lowest BCUT2D eigenvalue weighted by Crippen LogP contribution is -2.31. The molecule has 0 aromatic carbocycles. The van der Waals surface area contributed by atoms with Gasteiger partial charge < -0.3 is 0 Å². The SMILES string of the molecule is CC(C)(C)P(C1CCCCCCC1)C(C)(C)C. The van der Waals surface area contributed by atoms with Crippen molar-refractivity contribution in [2.45, 2.75) is 102 Å². The maximum atomic E-state index is 2.47. The lowest BCUT2D eigenvalue weighted by molar-refractivity contribution is 0.499. The van der Waals surface area contributed by atoms with Crippen LogP contribution >= 0.6 is 7.92 Å². The molecule has 0 nitrogen and oxygen atoms in total. The van der Waals surface area contributed by atoms with E-state index in [4.69, 9.17) is 0 Å². The Balaban J connectivity index is 2.80. The first-order valence-corrected chi connectivity index (χ1v) is 8.93. The van der Waals surface area contributed by atoms with Gasteiger partial charge in [0.25, 0.3) is 0 Å². The smallest absolute Gasteiger partial charge is 0.0172 e. The molecule has 0 amide bonds. The van der Waals surface area contributed by atoms with Crippen LogP contribution in [0.25, 0.3) is 0 Å². The van der Waals surface area contributed by atoms with Crippen molar-refractivity contribution < 1.29 is 0 Å². The minimum absolute atomic E-state index is 0.110. The van der Waals surface area contributed by atoms with E-state index in [0.717, 1.165) is 5.66 Å². The average molecular weight is 256 g/mol. The zero-order valence-corrected chi connectivity index (χ0v) is 13.9. The van der Waals surface area contributed by atoms with Crippen LogP contribution in [0.3, 0.4) is 0 Å². The van der Waals surface area contributed by atoms with Gasteiger partial charge in [0.15, 0.2) is 0 Å². The van der Waals surface area contributed by atoms with Crippen LogP contribution in [-0.2, 0) is 0 Å². The third-order valence-corrected chi connectivity index (χ3v) is 8.02. The van der Waals surface area contributed by atoms with Crippen molar-refractivity contribution in [3.05, 3.63) is 0 Å². The second-order valence-electron chi connectivity index (χ2n) is 7.71. The van der Waals surface area contributed by atoms with Crippen LogP contribution in [-0.4, -0.2) is 16.0 Å². The maximum absolute atomic E-state index is 2.47. The predicted molar refractivity (Wildman–Crippen MR) is 82.5 cm³/mol. The van der Waals surface area contributed by atoms with Gasteiger partial charge in [0.05, 0.1) is 0 Å². The van der Waals surface area contributed by atoms with Gasteiger partial charge in [-0.15, -0.1) is 0 Å². The van der Waals surface area contributed by atoms with Gasteiger partial charge in [-0.1, -0.05) is 81.6 Å². The highest BCUT2D eigenvalue weighted by atomic mass is 31.1. The Hall–Kier alpha value is 0.430. The van der Waals surface area contributed by atoms with Crippen LogP contribution in [0, 0.1) is 0 Å². The lowest BCUT2D eigenvalue weighted by atomic mass is 10.0. The highest BCUT2D eigenvalue weighted by Gasteiger charge is 2.39. The highest BCUT2D eigenvalue weighted by Crippen LogP contribution is 2.64. The Morgan fingerprint density at radius 2 is 1.00 bits per heavy atom. The van der Waals surface area contributed by atoms with Gasteiger partial charge in [0, 0.05) is 0 Å². The summed E-state index contributed by atoms with van der Waals surface area (Å²) in [6, 6.07) is 0. The molecule has 1 aliphatic carbocycles. The van der Waals surface area contributed by atoms with Crippen LogP contribution in [0.1, 0.15) is 86.5 Å². The summed E-state index contributed by atoms with van der Waals surface area (Å²) in [6.07, 6.45) is 10.4. The Morgan fingerprint density at radius 1 is 0.647 bits per heavy atom. The number of hydrogen-bond donors (Lipinski definition) is 0. The topological polar surface area (TPSA) is 0 Å². The highest BCUT2D eigenvalue weighted by molar-refractivity contribution is 7.61. The van der Waals surface area contributed by atoms with Crippen LogP contribution in [0.15, 0.2) is 0 Å². The molecule has 0 N–H and O–H groups in total. The molecule has 0 aromatic heterocycles. The van der Waals surface area contributed by atoms with Crippen molar-refractivity contribution in [2.24, 2.45) is 0 Å². The normalized spacial score (nSPS) is 21.4. The summed E-state index contributed by atoms with van der Waals surface area (Å²) < 4.78 is 0. The van der Waals surface area contributed by atoms with Crippen LogP contribution in [0.5, 0.6) is 0 Å². The second kappa shape index (κ2) is 6.05. The van der Waals surface area contributed by atoms with Gasteiger partial charge in [0.2, 0.25) is 0 Å². The molecule has 0 bridgehead atoms. The summed E-state index contributed by atoms with van der Waals surface area (Å²) in [4.78, 5) is 0. The Bertz CT molecular complexity index is 197. The van der Waals surface area contributed by atoms with E-state index in [1.165, 1.54) is 44.9 Å². The van der Waals surface area contributed by atoms with E-state index in [2.05, 4.69) is 41.5 Å². The van der Waals surface area contributed by atoms with E-state index in [1.54, 1.807) is 0 Å². The summed E-state index contributed by atoms with van der Waals surface area (Å²) >= 11 is 0. The van der Waals surface area contributed by atoms with Crippen molar-refractivity contribution in [1.82, 2.24) is 0 Å².